The van der Waals surface area contributed by atoms with Crippen LogP contribution in [-0.2, 0) is 13.1 Å². The summed E-state index contributed by atoms with van der Waals surface area (Å²) in [7, 11) is 0. The minimum absolute atomic E-state index is 0.210. The topological polar surface area (TPSA) is 101 Å². The minimum atomic E-state index is -0.210. The number of aromatic amines is 1. The Labute approximate surface area is 157 Å². The first-order valence-electron chi connectivity index (χ1n) is 9.54. The van der Waals surface area contributed by atoms with E-state index in [9.17, 15) is 4.79 Å². The predicted octanol–water partition coefficient (Wildman–Crippen LogP) is 1.93. The second kappa shape index (κ2) is 7.87. The number of aromatic nitrogens is 5. The number of benzene rings is 1. The van der Waals surface area contributed by atoms with Crippen molar-refractivity contribution in [2.45, 2.75) is 51.7 Å². The fraction of sp³-hybridized carbons (Fsp3) is 0.474. The smallest absolute Gasteiger partial charge is 0.273 e. The van der Waals surface area contributed by atoms with Gasteiger partial charge in [0.25, 0.3) is 5.91 Å². The molecule has 0 radical (unpaired) electrons. The predicted molar refractivity (Wildman–Crippen MR) is 102 cm³/mol. The first-order valence-corrected chi connectivity index (χ1v) is 9.54. The molecular weight excluding hydrogens is 342 g/mol. The molecule has 0 bridgehead atoms. The fourth-order valence-corrected chi connectivity index (χ4v) is 3.54. The number of imidazole rings is 1. The van der Waals surface area contributed by atoms with E-state index in [0.29, 0.717) is 18.3 Å². The molecule has 1 saturated heterocycles. The first-order chi connectivity index (χ1) is 13.2. The highest BCUT2D eigenvalue weighted by molar-refractivity contribution is 5.91. The van der Waals surface area contributed by atoms with E-state index in [4.69, 9.17) is 0 Å². The molecule has 142 valence electrons. The van der Waals surface area contributed by atoms with E-state index in [1.807, 2.05) is 25.1 Å². The highest BCUT2D eigenvalue weighted by Gasteiger charge is 2.14. The molecule has 1 fully saturated rings. The average molecular weight is 367 g/mol. The maximum atomic E-state index is 12.3. The molecule has 3 N–H and O–H groups in total. The Bertz CT molecular complexity index is 923. The van der Waals surface area contributed by atoms with E-state index in [1.54, 1.807) is 10.9 Å². The molecule has 1 atom stereocenters. The van der Waals surface area contributed by atoms with Gasteiger partial charge >= 0.3 is 0 Å². The van der Waals surface area contributed by atoms with Crippen LogP contribution >= 0.6 is 0 Å². The summed E-state index contributed by atoms with van der Waals surface area (Å²) >= 11 is 0. The summed E-state index contributed by atoms with van der Waals surface area (Å²) in [6, 6.07) is 6.47. The maximum Gasteiger partial charge on any atom is 0.273 e. The molecule has 2 aromatic heterocycles. The Morgan fingerprint density at radius 3 is 3.15 bits per heavy atom. The third-order valence-corrected chi connectivity index (χ3v) is 5.01. The van der Waals surface area contributed by atoms with Crippen molar-refractivity contribution in [1.29, 1.82) is 0 Å². The molecule has 27 heavy (non-hydrogen) atoms. The van der Waals surface area contributed by atoms with Crippen LogP contribution in [0.1, 0.15) is 47.6 Å². The van der Waals surface area contributed by atoms with Crippen LogP contribution in [0.2, 0.25) is 0 Å². The lowest BCUT2D eigenvalue weighted by Gasteiger charge is -2.23. The number of carbonyl (C=O) groups is 1. The molecule has 1 aromatic carbocycles. The van der Waals surface area contributed by atoms with Crippen molar-refractivity contribution in [3.63, 3.8) is 0 Å². The number of nitrogens with zero attached hydrogens (tertiary/aromatic N) is 4. The van der Waals surface area contributed by atoms with Gasteiger partial charge in [0, 0.05) is 19.1 Å². The van der Waals surface area contributed by atoms with Crippen LogP contribution in [0.3, 0.4) is 0 Å². The molecule has 1 aliphatic rings. The second-order valence-electron chi connectivity index (χ2n) is 7.16. The lowest BCUT2D eigenvalue weighted by molar-refractivity contribution is 0.0946. The number of nitrogens with one attached hydrogen (secondary N) is 3. The van der Waals surface area contributed by atoms with Crippen LogP contribution < -0.4 is 10.6 Å². The summed E-state index contributed by atoms with van der Waals surface area (Å²) in [5, 5.41) is 14.5. The van der Waals surface area contributed by atoms with Gasteiger partial charge < -0.3 is 15.6 Å². The largest absolute Gasteiger partial charge is 0.347 e. The van der Waals surface area contributed by atoms with Gasteiger partial charge in [-0.1, -0.05) is 17.7 Å². The van der Waals surface area contributed by atoms with Crippen LogP contribution in [0.25, 0.3) is 11.0 Å². The SMILES string of the molecule is Cc1nc2ccc(CNC(=O)c3cn(CC[C@H]4CCCCN4)nn3)cc2[nH]1. The Morgan fingerprint density at radius 1 is 1.37 bits per heavy atom. The van der Waals surface area contributed by atoms with E-state index in [2.05, 4.69) is 30.9 Å². The van der Waals surface area contributed by atoms with Crippen LogP contribution in [0.5, 0.6) is 0 Å². The monoisotopic (exact) mass is 367 g/mol. The third kappa shape index (κ3) is 4.33. The number of carbonyl (C=O) groups excluding carboxylic acids is 1. The van der Waals surface area contributed by atoms with Gasteiger partial charge in [-0.25, -0.2) is 4.98 Å². The van der Waals surface area contributed by atoms with E-state index >= 15 is 0 Å². The highest BCUT2D eigenvalue weighted by Crippen LogP contribution is 2.14. The molecule has 0 unspecified atom stereocenters. The number of hydrogen-bond donors (Lipinski definition) is 3. The molecule has 1 amide bonds. The first kappa shape index (κ1) is 17.7. The molecule has 8 heteroatoms. The van der Waals surface area contributed by atoms with E-state index in [0.717, 1.165) is 41.9 Å². The summed E-state index contributed by atoms with van der Waals surface area (Å²) in [4.78, 5) is 19.9. The third-order valence-electron chi connectivity index (χ3n) is 5.01. The van der Waals surface area contributed by atoms with Crippen molar-refractivity contribution in [2.24, 2.45) is 0 Å². The molecular formula is C19H25N7O. The molecule has 3 aromatic rings. The van der Waals surface area contributed by atoms with Gasteiger partial charge in [-0.2, -0.15) is 0 Å². The zero-order chi connectivity index (χ0) is 18.6. The Hall–Kier alpha value is -2.74. The Kier molecular flexibility index (Phi) is 5.15. The van der Waals surface area contributed by atoms with Crippen LogP contribution in [-0.4, -0.2) is 43.5 Å². The normalized spacial score (nSPS) is 17.3. The molecule has 3 heterocycles. The molecule has 1 aliphatic heterocycles. The van der Waals surface area contributed by atoms with Gasteiger partial charge in [0.15, 0.2) is 5.69 Å². The van der Waals surface area contributed by atoms with Gasteiger partial charge in [-0.15, -0.1) is 5.10 Å². The second-order valence-corrected chi connectivity index (χ2v) is 7.16. The van der Waals surface area contributed by atoms with Crippen LogP contribution in [0, 0.1) is 6.92 Å². The van der Waals surface area contributed by atoms with Gasteiger partial charge in [-0.3, -0.25) is 9.48 Å². The summed E-state index contributed by atoms with van der Waals surface area (Å²) in [6.07, 6.45) is 6.49. The highest BCUT2D eigenvalue weighted by atomic mass is 16.2. The molecule has 4 rings (SSSR count). The maximum absolute atomic E-state index is 12.3. The van der Waals surface area contributed by atoms with E-state index < -0.39 is 0 Å². The van der Waals surface area contributed by atoms with E-state index in [1.165, 1.54) is 19.3 Å². The summed E-state index contributed by atoms with van der Waals surface area (Å²) in [5.41, 5.74) is 3.26. The molecule has 0 aliphatic carbocycles. The number of hydrogen-bond acceptors (Lipinski definition) is 5. The quantitative estimate of drug-likeness (QED) is 0.618. The van der Waals surface area contributed by atoms with Crippen molar-refractivity contribution >= 4 is 16.9 Å². The Morgan fingerprint density at radius 2 is 2.30 bits per heavy atom. The van der Waals surface area contributed by atoms with Crippen molar-refractivity contribution in [3.05, 3.63) is 41.5 Å². The zero-order valence-electron chi connectivity index (χ0n) is 15.5. The lowest BCUT2D eigenvalue weighted by atomic mass is 10.0. The van der Waals surface area contributed by atoms with Crippen molar-refractivity contribution in [1.82, 2.24) is 35.6 Å². The number of amides is 1. The molecule has 8 nitrogen and oxygen atoms in total. The summed E-state index contributed by atoms with van der Waals surface area (Å²) < 4.78 is 1.75. The lowest BCUT2D eigenvalue weighted by Crippen LogP contribution is -2.34. The average Bonchev–Trinajstić information content (AvgIpc) is 3.30. The van der Waals surface area contributed by atoms with Gasteiger partial charge in [0.05, 0.1) is 17.2 Å². The number of rotatable bonds is 6. The standard InChI is InChI=1S/C19H25N7O/c1-13-22-16-6-5-14(10-17(16)23-13)11-21-19(27)18-12-26(25-24-18)9-7-15-4-2-3-8-20-15/h5-6,10,12,15,20H,2-4,7-9,11H2,1H3,(H,21,27)(H,22,23)/t15-/m1/s1. The van der Waals surface area contributed by atoms with Crippen molar-refractivity contribution < 1.29 is 4.79 Å². The van der Waals surface area contributed by atoms with Crippen LogP contribution in [0.4, 0.5) is 0 Å². The van der Waals surface area contributed by atoms with Crippen molar-refractivity contribution in [3.8, 4) is 0 Å². The fourth-order valence-electron chi connectivity index (χ4n) is 3.54. The van der Waals surface area contributed by atoms with E-state index in [-0.39, 0.29) is 5.91 Å². The number of piperidine rings is 1. The molecule has 0 saturated carbocycles. The minimum Gasteiger partial charge on any atom is -0.347 e. The summed E-state index contributed by atoms with van der Waals surface area (Å²) in [5.74, 6) is 0.671. The number of H-pyrrole nitrogens is 1. The number of aryl methyl sites for hydroxylation is 2. The van der Waals surface area contributed by atoms with Crippen molar-refractivity contribution in [2.75, 3.05) is 6.54 Å². The molecule has 0 spiro atoms. The van der Waals surface area contributed by atoms with Gasteiger partial charge in [0.1, 0.15) is 5.82 Å². The zero-order valence-corrected chi connectivity index (χ0v) is 15.5. The number of fused-ring (bicyclic) bond motifs is 1. The summed E-state index contributed by atoms with van der Waals surface area (Å²) in [6.45, 7) is 4.23. The van der Waals surface area contributed by atoms with Gasteiger partial charge in [0.2, 0.25) is 0 Å². The van der Waals surface area contributed by atoms with Gasteiger partial charge in [-0.05, 0) is 50.4 Å². The Balaban J connectivity index is 1.30. The van der Waals surface area contributed by atoms with Crippen LogP contribution in [0.15, 0.2) is 24.4 Å².